The maximum atomic E-state index is 11.7. The van der Waals surface area contributed by atoms with Gasteiger partial charge in [-0.15, -0.1) is 20.4 Å². The molecule has 128 valence electrons. The molecule has 0 aliphatic carbocycles. The molecule has 0 fully saturated rings. The van der Waals surface area contributed by atoms with Crippen molar-refractivity contribution in [2.24, 2.45) is 5.73 Å². The van der Waals surface area contributed by atoms with E-state index in [0.29, 0.717) is 17.2 Å². The van der Waals surface area contributed by atoms with Crippen molar-refractivity contribution in [1.82, 2.24) is 25.7 Å². The summed E-state index contributed by atoms with van der Waals surface area (Å²) in [6, 6.07) is 5.64. The van der Waals surface area contributed by atoms with Gasteiger partial charge in [-0.1, -0.05) is 24.3 Å². The summed E-state index contributed by atoms with van der Waals surface area (Å²) in [4.78, 5) is 11.7. The monoisotopic (exact) mass is 352 g/mol. The first kappa shape index (κ1) is 17.8. The number of rotatable bonds is 6. The fourth-order valence-electron chi connectivity index (χ4n) is 1.79. The van der Waals surface area contributed by atoms with E-state index in [9.17, 15) is 13.2 Å². The van der Waals surface area contributed by atoms with Gasteiger partial charge in [0.15, 0.2) is 5.82 Å². The molecule has 0 bridgehead atoms. The molecule has 0 saturated carbocycles. The molecule has 2 aromatic rings. The van der Waals surface area contributed by atoms with Gasteiger partial charge >= 0.3 is 0 Å². The lowest BCUT2D eigenvalue weighted by atomic mass is 10.1. The molecular formula is C13H16N6O4S. The fourth-order valence-corrected chi connectivity index (χ4v) is 2.39. The zero-order valence-electron chi connectivity index (χ0n) is 12.7. The third-order valence-electron chi connectivity index (χ3n) is 2.98. The van der Waals surface area contributed by atoms with Gasteiger partial charge in [0.25, 0.3) is 10.1 Å². The summed E-state index contributed by atoms with van der Waals surface area (Å²) in [5.41, 5.74) is 6.88. The number of aryl methyl sites for hydroxylation is 1. The molecule has 1 amide bonds. The Hall–Kier alpha value is -2.50. The zero-order chi connectivity index (χ0) is 17.7. The van der Waals surface area contributed by atoms with Crippen molar-refractivity contribution >= 4 is 16.0 Å². The number of nitrogens with zero attached hydrogens (tertiary/aromatic N) is 4. The van der Waals surface area contributed by atoms with E-state index in [1.807, 2.05) is 0 Å². The van der Waals surface area contributed by atoms with Crippen LogP contribution in [0, 0.1) is 6.92 Å². The van der Waals surface area contributed by atoms with E-state index in [1.54, 1.807) is 31.2 Å². The Balaban J connectivity index is 1.94. The number of benzene rings is 1. The summed E-state index contributed by atoms with van der Waals surface area (Å²) in [6.07, 6.45) is 0. The van der Waals surface area contributed by atoms with Crippen molar-refractivity contribution in [3.8, 4) is 11.4 Å². The summed E-state index contributed by atoms with van der Waals surface area (Å²) in [7, 11) is -4.30. The Bertz CT molecular complexity index is 807. The van der Waals surface area contributed by atoms with Crippen molar-refractivity contribution < 1.29 is 17.8 Å². The average Bonchev–Trinajstić information content (AvgIpc) is 2.52. The maximum absolute atomic E-state index is 11.7. The van der Waals surface area contributed by atoms with Gasteiger partial charge in [-0.3, -0.25) is 9.35 Å². The van der Waals surface area contributed by atoms with Crippen LogP contribution in [0.15, 0.2) is 24.3 Å². The maximum Gasteiger partial charge on any atom is 0.266 e. The summed E-state index contributed by atoms with van der Waals surface area (Å²) in [5, 5.41) is 18.0. The number of amides is 1. The van der Waals surface area contributed by atoms with E-state index >= 15 is 0 Å². The van der Waals surface area contributed by atoms with E-state index in [2.05, 4.69) is 25.7 Å². The molecule has 0 aliphatic rings. The topological polar surface area (TPSA) is 161 Å². The number of nitrogens with two attached hydrogens (primary N) is 1. The van der Waals surface area contributed by atoms with E-state index in [1.165, 1.54) is 0 Å². The Morgan fingerprint density at radius 2 is 1.79 bits per heavy atom. The molecular weight excluding hydrogens is 336 g/mol. The molecule has 10 nitrogen and oxygen atoms in total. The molecule has 2 rings (SSSR count). The van der Waals surface area contributed by atoms with Gasteiger partial charge in [0.05, 0.1) is 5.75 Å². The Morgan fingerprint density at radius 3 is 2.33 bits per heavy atom. The van der Waals surface area contributed by atoms with Gasteiger partial charge in [-0.2, -0.15) is 8.42 Å². The number of aromatic nitrogens is 4. The van der Waals surface area contributed by atoms with Crippen molar-refractivity contribution in [3.05, 3.63) is 35.7 Å². The quantitative estimate of drug-likeness (QED) is 0.558. The molecule has 1 atom stereocenters. The fraction of sp³-hybridized carbons (Fsp3) is 0.308. The van der Waals surface area contributed by atoms with Crippen molar-refractivity contribution in [3.63, 3.8) is 0 Å². The minimum absolute atomic E-state index is 0.156. The van der Waals surface area contributed by atoms with Gasteiger partial charge in [0, 0.05) is 12.1 Å². The van der Waals surface area contributed by atoms with Crippen LogP contribution in [0.5, 0.6) is 0 Å². The molecule has 0 radical (unpaired) electrons. The van der Waals surface area contributed by atoms with Gasteiger partial charge in [0.2, 0.25) is 11.7 Å². The molecule has 0 unspecified atom stereocenters. The molecule has 1 aromatic carbocycles. The third-order valence-corrected chi connectivity index (χ3v) is 3.77. The minimum atomic E-state index is -4.30. The summed E-state index contributed by atoms with van der Waals surface area (Å²) < 4.78 is 30.0. The van der Waals surface area contributed by atoms with Crippen molar-refractivity contribution in [2.75, 3.05) is 5.75 Å². The Morgan fingerprint density at radius 1 is 1.21 bits per heavy atom. The largest absolute Gasteiger partial charge is 0.351 e. The SMILES string of the molecule is Cc1nnc(-c2ccc(CNC(=O)[C@@H](N)CS(=O)(=O)O)cc2)nn1. The molecule has 1 aromatic heterocycles. The first-order valence-corrected chi connectivity index (χ1v) is 8.47. The van der Waals surface area contributed by atoms with E-state index < -0.39 is 27.8 Å². The van der Waals surface area contributed by atoms with Crippen molar-refractivity contribution in [1.29, 1.82) is 0 Å². The van der Waals surface area contributed by atoms with Gasteiger partial charge < -0.3 is 11.1 Å². The molecule has 11 heteroatoms. The number of carbonyl (C=O) groups excluding carboxylic acids is 1. The predicted octanol–water partition coefficient (Wildman–Crippen LogP) is -0.927. The second-order valence-electron chi connectivity index (χ2n) is 5.04. The summed E-state index contributed by atoms with van der Waals surface area (Å²) in [5.74, 6) is -0.652. The smallest absolute Gasteiger partial charge is 0.266 e. The van der Waals surface area contributed by atoms with Crippen LogP contribution in [0.3, 0.4) is 0 Å². The van der Waals surface area contributed by atoms with Crippen LogP contribution in [0.2, 0.25) is 0 Å². The molecule has 1 heterocycles. The Labute approximate surface area is 138 Å². The highest BCUT2D eigenvalue weighted by molar-refractivity contribution is 7.85. The highest BCUT2D eigenvalue weighted by atomic mass is 32.2. The first-order valence-electron chi connectivity index (χ1n) is 6.86. The summed E-state index contributed by atoms with van der Waals surface area (Å²) >= 11 is 0. The van der Waals surface area contributed by atoms with Gasteiger partial charge in [-0.05, 0) is 12.5 Å². The van der Waals surface area contributed by atoms with Crippen LogP contribution < -0.4 is 11.1 Å². The highest BCUT2D eigenvalue weighted by Crippen LogP contribution is 2.13. The molecule has 0 aliphatic heterocycles. The number of hydrogen-bond acceptors (Lipinski definition) is 8. The standard InChI is InChI=1S/C13H16N6O4S/c1-8-16-18-12(19-17-8)10-4-2-9(3-5-10)6-15-13(20)11(14)7-24(21,22)23/h2-5,11H,6-7,14H2,1H3,(H,15,20)(H,21,22,23)/t11-/m0/s1. The lowest BCUT2D eigenvalue weighted by molar-refractivity contribution is -0.122. The van der Waals surface area contributed by atoms with Crippen LogP contribution in [-0.2, 0) is 21.5 Å². The predicted molar refractivity (Wildman–Crippen MR) is 84.0 cm³/mol. The number of carbonyl (C=O) groups is 1. The highest BCUT2D eigenvalue weighted by Gasteiger charge is 2.19. The van der Waals surface area contributed by atoms with Gasteiger partial charge in [-0.25, -0.2) is 0 Å². The van der Waals surface area contributed by atoms with Crippen LogP contribution in [0.25, 0.3) is 11.4 Å². The van der Waals surface area contributed by atoms with Crippen molar-refractivity contribution in [2.45, 2.75) is 19.5 Å². The van der Waals surface area contributed by atoms with Crippen LogP contribution >= 0.6 is 0 Å². The summed E-state index contributed by atoms with van der Waals surface area (Å²) in [6.45, 7) is 1.84. The third kappa shape index (κ3) is 5.30. The lowest BCUT2D eigenvalue weighted by Gasteiger charge is -2.11. The lowest BCUT2D eigenvalue weighted by Crippen LogP contribution is -2.44. The molecule has 0 saturated heterocycles. The van der Waals surface area contributed by atoms with E-state index in [0.717, 1.165) is 5.56 Å². The molecule has 0 spiro atoms. The van der Waals surface area contributed by atoms with E-state index in [4.69, 9.17) is 10.3 Å². The first-order chi connectivity index (χ1) is 11.2. The number of hydrogen-bond donors (Lipinski definition) is 3. The van der Waals surface area contributed by atoms with E-state index in [-0.39, 0.29) is 6.54 Å². The van der Waals surface area contributed by atoms with Crippen LogP contribution in [0.4, 0.5) is 0 Å². The second-order valence-corrected chi connectivity index (χ2v) is 6.54. The minimum Gasteiger partial charge on any atom is -0.351 e. The average molecular weight is 352 g/mol. The zero-order valence-corrected chi connectivity index (χ0v) is 13.6. The van der Waals surface area contributed by atoms with Gasteiger partial charge in [0.1, 0.15) is 6.04 Å². The molecule has 4 N–H and O–H groups in total. The van der Waals surface area contributed by atoms with Crippen LogP contribution in [0.1, 0.15) is 11.4 Å². The molecule has 24 heavy (non-hydrogen) atoms. The van der Waals surface area contributed by atoms with Crippen LogP contribution in [-0.4, -0.2) is 51.1 Å². The number of nitrogens with one attached hydrogen (secondary N) is 1. The Kier molecular flexibility index (Phi) is 5.49. The normalized spacial score (nSPS) is 12.6. The second kappa shape index (κ2) is 7.38.